The summed E-state index contributed by atoms with van der Waals surface area (Å²) in [5, 5.41) is 2.43. The predicted octanol–water partition coefficient (Wildman–Crippen LogP) is 4.72. The van der Waals surface area contributed by atoms with Crippen molar-refractivity contribution in [3.63, 3.8) is 0 Å². The monoisotopic (exact) mass is 227 g/mol. The Kier molecular flexibility index (Phi) is 3.68. The van der Waals surface area contributed by atoms with E-state index in [1.54, 1.807) is 0 Å². The molecule has 0 aliphatic carbocycles. The molecule has 0 bridgehead atoms. The first-order valence-corrected chi connectivity index (χ1v) is 6.55. The molecule has 0 aliphatic rings. The van der Waals surface area contributed by atoms with Crippen LogP contribution in [0.5, 0.6) is 0 Å². The van der Waals surface area contributed by atoms with E-state index in [1.165, 1.54) is 29.2 Å². The Morgan fingerprint density at radius 1 is 1.06 bits per heavy atom. The number of hydrogen-bond acceptors (Lipinski definition) is 1. The van der Waals surface area contributed by atoms with Gasteiger partial charge in [0.25, 0.3) is 0 Å². The summed E-state index contributed by atoms with van der Waals surface area (Å²) < 4.78 is 0. The van der Waals surface area contributed by atoms with Crippen molar-refractivity contribution >= 4 is 16.5 Å². The molecule has 0 aromatic heterocycles. The summed E-state index contributed by atoms with van der Waals surface area (Å²) in [6.45, 7) is 4.48. The molecule has 1 heteroatoms. The molecule has 0 saturated carbocycles. The molecule has 1 unspecified atom stereocenters. The number of fused-ring (bicyclic) bond motifs is 1. The van der Waals surface area contributed by atoms with Gasteiger partial charge in [0.15, 0.2) is 0 Å². The molecule has 0 aliphatic heterocycles. The van der Waals surface area contributed by atoms with Crippen molar-refractivity contribution in [3.8, 4) is 0 Å². The molecule has 0 saturated heterocycles. The smallest absolute Gasteiger partial charge is 0.0429 e. The third-order valence-electron chi connectivity index (χ3n) is 3.57. The van der Waals surface area contributed by atoms with Crippen LogP contribution < -0.4 is 5.73 Å². The Hall–Kier alpha value is -1.50. The van der Waals surface area contributed by atoms with Gasteiger partial charge in [0, 0.05) is 11.1 Å². The number of nitrogens with two attached hydrogens (primary N) is 1. The van der Waals surface area contributed by atoms with Gasteiger partial charge in [0.2, 0.25) is 0 Å². The maximum absolute atomic E-state index is 6.33. The lowest BCUT2D eigenvalue weighted by Crippen LogP contribution is -2.02. The van der Waals surface area contributed by atoms with Crippen molar-refractivity contribution in [3.05, 3.63) is 42.0 Å². The van der Waals surface area contributed by atoms with Gasteiger partial charge in [-0.05, 0) is 29.7 Å². The molecular weight excluding hydrogens is 206 g/mol. The average Bonchev–Trinajstić information content (AvgIpc) is 2.37. The third kappa shape index (κ3) is 2.28. The molecule has 0 heterocycles. The Labute approximate surface area is 104 Å². The number of hydrogen-bond donors (Lipinski definition) is 1. The summed E-state index contributed by atoms with van der Waals surface area (Å²) in [6.07, 6.45) is 3.60. The van der Waals surface area contributed by atoms with Gasteiger partial charge in [0.1, 0.15) is 0 Å². The fourth-order valence-electron chi connectivity index (χ4n) is 2.60. The van der Waals surface area contributed by atoms with Crippen LogP contribution in [0.4, 0.5) is 5.69 Å². The highest BCUT2D eigenvalue weighted by Gasteiger charge is 2.13. The topological polar surface area (TPSA) is 26.0 Å². The van der Waals surface area contributed by atoms with E-state index in [2.05, 4.69) is 50.2 Å². The van der Waals surface area contributed by atoms with E-state index >= 15 is 0 Å². The van der Waals surface area contributed by atoms with Crippen molar-refractivity contribution in [2.75, 3.05) is 5.73 Å². The number of anilines is 1. The second-order valence-electron chi connectivity index (χ2n) is 4.68. The third-order valence-corrected chi connectivity index (χ3v) is 3.57. The zero-order valence-electron chi connectivity index (χ0n) is 10.7. The zero-order chi connectivity index (χ0) is 12.3. The van der Waals surface area contributed by atoms with Crippen LogP contribution in [0, 0.1) is 0 Å². The van der Waals surface area contributed by atoms with Gasteiger partial charge in [-0.2, -0.15) is 0 Å². The molecule has 2 aromatic carbocycles. The minimum Gasteiger partial charge on any atom is -0.398 e. The highest BCUT2D eigenvalue weighted by atomic mass is 14.6. The minimum absolute atomic E-state index is 0.601. The standard InChI is InChI=1S/C16H21N/c1-3-7-12(4-2)15-11-10-13-8-5-6-9-14(13)16(15)17/h5-6,8-12H,3-4,7,17H2,1-2H3. The minimum atomic E-state index is 0.601. The van der Waals surface area contributed by atoms with E-state index in [4.69, 9.17) is 5.73 Å². The lowest BCUT2D eigenvalue weighted by Gasteiger charge is -2.18. The van der Waals surface area contributed by atoms with E-state index in [0.717, 1.165) is 12.1 Å². The Morgan fingerprint density at radius 2 is 1.82 bits per heavy atom. The van der Waals surface area contributed by atoms with Crippen LogP contribution in [0.1, 0.15) is 44.6 Å². The first-order chi connectivity index (χ1) is 8.27. The summed E-state index contributed by atoms with van der Waals surface area (Å²) in [5.41, 5.74) is 8.63. The molecule has 2 N–H and O–H groups in total. The van der Waals surface area contributed by atoms with Gasteiger partial charge < -0.3 is 5.73 Å². The summed E-state index contributed by atoms with van der Waals surface area (Å²) in [7, 11) is 0. The van der Waals surface area contributed by atoms with Crippen molar-refractivity contribution in [1.29, 1.82) is 0 Å². The molecule has 90 valence electrons. The van der Waals surface area contributed by atoms with E-state index in [-0.39, 0.29) is 0 Å². The number of rotatable bonds is 4. The maximum atomic E-state index is 6.33. The summed E-state index contributed by atoms with van der Waals surface area (Å²) >= 11 is 0. The molecule has 1 atom stereocenters. The predicted molar refractivity (Wildman–Crippen MR) is 76.3 cm³/mol. The highest BCUT2D eigenvalue weighted by molar-refractivity contribution is 5.94. The SMILES string of the molecule is CCCC(CC)c1ccc2ccccc2c1N. The van der Waals surface area contributed by atoms with Gasteiger partial charge in [-0.1, -0.05) is 56.7 Å². The Morgan fingerprint density at radius 3 is 2.53 bits per heavy atom. The van der Waals surface area contributed by atoms with Crippen LogP contribution in [0.3, 0.4) is 0 Å². The number of benzene rings is 2. The lowest BCUT2D eigenvalue weighted by atomic mass is 9.89. The summed E-state index contributed by atoms with van der Waals surface area (Å²) in [4.78, 5) is 0. The Balaban J connectivity index is 2.51. The fraction of sp³-hybridized carbons (Fsp3) is 0.375. The zero-order valence-corrected chi connectivity index (χ0v) is 10.7. The normalized spacial score (nSPS) is 12.8. The fourth-order valence-corrected chi connectivity index (χ4v) is 2.60. The van der Waals surface area contributed by atoms with E-state index in [0.29, 0.717) is 5.92 Å². The van der Waals surface area contributed by atoms with Gasteiger partial charge in [-0.15, -0.1) is 0 Å². The van der Waals surface area contributed by atoms with Crippen molar-refractivity contribution in [2.45, 2.75) is 39.0 Å². The van der Waals surface area contributed by atoms with Crippen LogP contribution in [-0.4, -0.2) is 0 Å². The second-order valence-corrected chi connectivity index (χ2v) is 4.68. The van der Waals surface area contributed by atoms with Crippen molar-refractivity contribution < 1.29 is 0 Å². The maximum Gasteiger partial charge on any atom is 0.0429 e. The quantitative estimate of drug-likeness (QED) is 0.752. The lowest BCUT2D eigenvalue weighted by molar-refractivity contribution is 0.598. The highest BCUT2D eigenvalue weighted by Crippen LogP contribution is 2.33. The van der Waals surface area contributed by atoms with E-state index in [9.17, 15) is 0 Å². The largest absolute Gasteiger partial charge is 0.398 e. The van der Waals surface area contributed by atoms with Crippen molar-refractivity contribution in [1.82, 2.24) is 0 Å². The second kappa shape index (κ2) is 5.22. The molecule has 0 fully saturated rings. The van der Waals surface area contributed by atoms with Crippen LogP contribution in [-0.2, 0) is 0 Å². The molecular formula is C16H21N. The van der Waals surface area contributed by atoms with Gasteiger partial charge in [0.05, 0.1) is 0 Å². The molecule has 0 spiro atoms. The van der Waals surface area contributed by atoms with E-state index < -0.39 is 0 Å². The first kappa shape index (κ1) is 12.0. The molecule has 2 rings (SSSR count). The molecule has 0 radical (unpaired) electrons. The van der Waals surface area contributed by atoms with Crippen molar-refractivity contribution in [2.24, 2.45) is 0 Å². The van der Waals surface area contributed by atoms with Gasteiger partial charge in [-0.25, -0.2) is 0 Å². The first-order valence-electron chi connectivity index (χ1n) is 6.55. The molecule has 1 nitrogen and oxygen atoms in total. The average molecular weight is 227 g/mol. The van der Waals surface area contributed by atoms with Crippen LogP contribution in [0.15, 0.2) is 36.4 Å². The van der Waals surface area contributed by atoms with Crippen LogP contribution >= 0.6 is 0 Å². The van der Waals surface area contributed by atoms with Crippen LogP contribution in [0.2, 0.25) is 0 Å². The molecule has 17 heavy (non-hydrogen) atoms. The van der Waals surface area contributed by atoms with Gasteiger partial charge in [-0.3, -0.25) is 0 Å². The molecule has 0 amide bonds. The van der Waals surface area contributed by atoms with Gasteiger partial charge >= 0.3 is 0 Å². The summed E-state index contributed by atoms with van der Waals surface area (Å²) in [6, 6.07) is 12.8. The van der Waals surface area contributed by atoms with E-state index in [1.807, 2.05) is 0 Å². The summed E-state index contributed by atoms with van der Waals surface area (Å²) in [5.74, 6) is 0.601. The molecule has 2 aromatic rings. The Bertz CT molecular complexity index is 502. The van der Waals surface area contributed by atoms with Crippen LogP contribution in [0.25, 0.3) is 10.8 Å². The number of nitrogen functional groups attached to an aromatic ring is 1.